The van der Waals surface area contributed by atoms with Crippen LogP contribution in [0.5, 0.6) is 0 Å². The van der Waals surface area contributed by atoms with Crippen molar-refractivity contribution in [2.45, 2.75) is 25.2 Å². The quantitative estimate of drug-likeness (QED) is 0.662. The van der Waals surface area contributed by atoms with E-state index >= 15 is 0 Å². The van der Waals surface area contributed by atoms with Gasteiger partial charge in [-0.15, -0.1) is 0 Å². The Hall–Kier alpha value is 0.0700. The smallest absolute Gasteiger partial charge is 0.0667 e. The monoisotopic (exact) mass is 193 g/mol. The topological polar surface area (TPSA) is 38.3 Å². The van der Waals surface area contributed by atoms with Crippen molar-refractivity contribution in [1.29, 1.82) is 0 Å². The van der Waals surface area contributed by atoms with E-state index in [2.05, 4.69) is 5.32 Å². The molecule has 0 saturated heterocycles. The third kappa shape index (κ3) is 5.69. The second-order valence-electron chi connectivity index (χ2n) is 3.01. The normalized spacial score (nSPS) is 18.7. The van der Waals surface area contributed by atoms with E-state index in [4.69, 9.17) is 4.74 Å². The standard InChI is InChI=1S/C8H19NO2S/c1-7(11-3)5-9-6-8(2)12(4)10/h7-9H,5-6H2,1-4H3. The molecule has 0 bridgehead atoms. The molecule has 74 valence electrons. The summed E-state index contributed by atoms with van der Waals surface area (Å²) < 4.78 is 16.0. The number of hydrogen-bond acceptors (Lipinski definition) is 3. The maximum Gasteiger partial charge on any atom is 0.0667 e. The summed E-state index contributed by atoms with van der Waals surface area (Å²) in [5, 5.41) is 3.42. The molecule has 3 atom stereocenters. The van der Waals surface area contributed by atoms with E-state index in [-0.39, 0.29) is 11.4 Å². The van der Waals surface area contributed by atoms with Crippen LogP contribution >= 0.6 is 0 Å². The first-order chi connectivity index (χ1) is 5.57. The molecule has 0 aromatic rings. The fraction of sp³-hybridized carbons (Fsp3) is 1.00. The van der Waals surface area contributed by atoms with E-state index in [9.17, 15) is 4.21 Å². The molecule has 12 heavy (non-hydrogen) atoms. The third-order valence-corrected chi connectivity index (χ3v) is 3.13. The van der Waals surface area contributed by atoms with E-state index in [0.29, 0.717) is 0 Å². The Morgan fingerprint density at radius 1 is 1.42 bits per heavy atom. The molecule has 0 aliphatic rings. The van der Waals surface area contributed by atoms with Crippen LogP contribution in [0.25, 0.3) is 0 Å². The van der Waals surface area contributed by atoms with Gasteiger partial charge < -0.3 is 10.1 Å². The van der Waals surface area contributed by atoms with Gasteiger partial charge in [0.05, 0.1) is 6.10 Å². The number of nitrogens with one attached hydrogen (secondary N) is 1. The highest BCUT2D eigenvalue weighted by Crippen LogP contribution is 1.90. The number of hydrogen-bond donors (Lipinski definition) is 1. The predicted octanol–water partition coefficient (Wildman–Crippen LogP) is 0.378. The molecule has 0 heterocycles. The van der Waals surface area contributed by atoms with E-state index in [1.54, 1.807) is 13.4 Å². The van der Waals surface area contributed by atoms with Crippen LogP contribution in [0.2, 0.25) is 0 Å². The lowest BCUT2D eigenvalue weighted by atomic mass is 10.4. The van der Waals surface area contributed by atoms with Gasteiger partial charge in [-0.2, -0.15) is 0 Å². The maximum absolute atomic E-state index is 10.9. The van der Waals surface area contributed by atoms with Crippen LogP contribution in [0.15, 0.2) is 0 Å². The van der Waals surface area contributed by atoms with E-state index in [0.717, 1.165) is 13.1 Å². The molecule has 0 rings (SSSR count). The average Bonchev–Trinajstić information content (AvgIpc) is 2.03. The van der Waals surface area contributed by atoms with Crippen molar-refractivity contribution >= 4 is 10.8 Å². The Labute approximate surface area is 77.3 Å². The van der Waals surface area contributed by atoms with Crippen molar-refractivity contribution in [1.82, 2.24) is 5.32 Å². The van der Waals surface area contributed by atoms with Gasteiger partial charge in [-0.05, 0) is 13.8 Å². The van der Waals surface area contributed by atoms with E-state index < -0.39 is 10.8 Å². The lowest BCUT2D eigenvalue weighted by Crippen LogP contribution is -2.33. The number of rotatable bonds is 6. The minimum absolute atomic E-state index is 0.217. The first kappa shape index (κ1) is 12.1. The highest BCUT2D eigenvalue weighted by Gasteiger charge is 2.05. The fourth-order valence-electron chi connectivity index (χ4n) is 0.691. The largest absolute Gasteiger partial charge is 0.380 e. The van der Waals surface area contributed by atoms with Gasteiger partial charge in [0.1, 0.15) is 0 Å². The highest BCUT2D eigenvalue weighted by molar-refractivity contribution is 7.84. The summed E-state index contributed by atoms with van der Waals surface area (Å²) >= 11 is 0. The molecule has 3 unspecified atom stereocenters. The SMILES string of the molecule is COC(C)CNCC(C)S(C)=O. The van der Waals surface area contributed by atoms with Gasteiger partial charge in [-0.3, -0.25) is 4.21 Å². The molecule has 4 heteroatoms. The van der Waals surface area contributed by atoms with Gasteiger partial charge in [0.2, 0.25) is 0 Å². The zero-order valence-corrected chi connectivity index (χ0v) is 9.11. The van der Waals surface area contributed by atoms with Gasteiger partial charge in [-0.1, -0.05) is 0 Å². The van der Waals surface area contributed by atoms with Gasteiger partial charge in [0, 0.05) is 42.5 Å². The molecule has 0 saturated carbocycles. The summed E-state index contributed by atoms with van der Waals surface area (Å²) in [6.07, 6.45) is 1.95. The molecule has 0 fully saturated rings. The summed E-state index contributed by atoms with van der Waals surface area (Å²) in [6.45, 7) is 5.58. The molecule has 3 nitrogen and oxygen atoms in total. The predicted molar refractivity (Wildman–Crippen MR) is 52.9 cm³/mol. The Morgan fingerprint density at radius 3 is 2.42 bits per heavy atom. The first-order valence-corrected chi connectivity index (χ1v) is 5.75. The molecule has 1 N–H and O–H groups in total. The van der Waals surface area contributed by atoms with E-state index in [1.165, 1.54) is 0 Å². The molecule has 0 aromatic heterocycles. The Kier molecular flexibility index (Phi) is 6.61. The average molecular weight is 193 g/mol. The third-order valence-electron chi connectivity index (χ3n) is 1.83. The summed E-state index contributed by atoms with van der Waals surface area (Å²) in [6, 6.07) is 0. The van der Waals surface area contributed by atoms with Crippen molar-refractivity contribution in [2.24, 2.45) is 0 Å². The van der Waals surface area contributed by atoms with Gasteiger partial charge in [-0.25, -0.2) is 0 Å². The summed E-state index contributed by atoms with van der Waals surface area (Å²) in [4.78, 5) is 0. The number of methoxy groups -OCH3 is 1. The van der Waals surface area contributed by atoms with Crippen LogP contribution in [0.3, 0.4) is 0 Å². The second-order valence-corrected chi connectivity index (χ2v) is 4.82. The summed E-state index contributed by atoms with van der Waals surface area (Å²) in [5.41, 5.74) is 0. The molecular formula is C8H19NO2S. The lowest BCUT2D eigenvalue weighted by molar-refractivity contribution is 0.117. The number of ether oxygens (including phenoxy) is 1. The zero-order valence-electron chi connectivity index (χ0n) is 8.29. The highest BCUT2D eigenvalue weighted by atomic mass is 32.2. The van der Waals surface area contributed by atoms with Crippen molar-refractivity contribution in [3.63, 3.8) is 0 Å². The first-order valence-electron chi connectivity index (χ1n) is 4.13. The van der Waals surface area contributed by atoms with Crippen molar-refractivity contribution in [3.8, 4) is 0 Å². The van der Waals surface area contributed by atoms with Crippen LogP contribution in [0.4, 0.5) is 0 Å². The molecule has 0 radical (unpaired) electrons. The molecule has 0 spiro atoms. The Bertz CT molecular complexity index is 141. The fourth-order valence-corrected chi connectivity index (χ4v) is 1.04. The Balaban J connectivity index is 3.37. The van der Waals surface area contributed by atoms with Crippen molar-refractivity contribution < 1.29 is 8.95 Å². The van der Waals surface area contributed by atoms with Crippen LogP contribution in [0, 0.1) is 0 Å². The maximum atomic E-state index is 10.9. The van der Waals surface area contributed by atoms with E-state index in [1.807, 2.05) is 13.8 Å². The van der Waals surface area contributed by atoms with Crippen LogP contribution < -0.4 is 5.32 Å². The van der Waals surface area contributed by atoms with Crippen molar-refractivity contribution in [2.75, 3.05) is 26.5 Å². The zero-order chi connectivity index (χ0) is 9.56. The van der Waals surface area contributed by atoms with Gasteiger partial charge >= 0.3 is 0 Å². The second kappa shape index (κ2) is 6.57. The molecular weight excluding hydrogens is 174 g/mol. The van der Waals surface area contributed by atoms with Crippen molar-refractivity contribution in [3.05, 3.63) is 0 Å². The minimum Gasteiger partial charge on any atom is -0.380 e. The van der Waals surface area contributed by atoms with Gasteiger partial charge in [0.25, 0.3) is 0 Å². The summed E-state index contributed by atoms with van der Waals surface area (Å²) in [5.74, 6) is 0. The molecule has 0 aromatic carbocycles. The molecule has 0 aliphatic carbocycles. The van der Waals surface area contributed by atoms with Crippen LogP contribution in [-0.4, -0.2) is 42.0 Å². The van der Waals surface area contributed by atoms with Crippen LogP contribution in [-0.2, 0) is 15.5 Å². The van der Waals surface area contributed by atoms with Gasteiger partial charge in [0.15, 0.2) is 0 Å². The minimum atomic E-state index is -0.730. The Morgan fingerprint density at radius 2 is 2.00 bits per heavy atom. The summed E-state index contributed by atoms with van der Waals surface area (Å²) in [7, 11) is 0.958. The molecule has 0 amide bonds. The lowest BCUT2D eigenvalue weighted by Gasteiger charge is -2.13. The van der Waals surface area contributed by atoms with Crippen LogP contribution in [0.1, 0.15) is 13.8 Å². The molecule has 0 aliphatic heterocycles.